The Morgan fingerprint density at radius 3 is 2.95 bits per heavy atom. The summed E-state index contributed by atoms with van der Waals surface area (Å²) < 4.78 is 6.51. The van der Waals surface area contributed by atoms with Crippen molar-refractivity contribution in [1.82, 2.24) is 4.98 Å². The Morgan fingerprint density at radius 2 is 2.14 bits per heavy atom. The van der Waals surface area contributed by atoms with E-state index in [4.69, 9.17) is 4.74 Å². The predicted molar refractivity (Wildman–Crippen MR) is 86.1 cm³/mol. The summed E-state index contributed by atoms with van der Waals surface area (Å²) in [5.41, 5.74) is 1.57. The number of phenols is 1. The number of benzene rings is 2. The van der Waals surface area contributed by atoms with E-state index in [1.165, 1.54) is 11.3 Å². The van der Waals surface area contributed by atoms with E-state index >= 15 is 0 Å². The fraction of sp³-hybridized carbons (Fsp3) is 0.125. The molecule has 0 aliphatic rings. The minimum Gasteiger partial charge on any atom is -0.507 e. The fourth-order valence-corrected chi connectivity index (χ4v) is 2.77. The predicted octanol–water partition coefficient (Wildman–Crippen LogP) is 4.15. The second-order valence-electron chi connectivity index (χ2n) is 4.38. The maximum absolute atomic E-state index is 9.70. The molecule has 3 rings (SSSR count). The summed E-state index contributed by atoms with van der Waals surface area (Å²) in [6.07, 6.45) is 1.62. The summed E-state index contributed by atoms with van der Waals surface area (Å²) in [5, 5.41) is 10.4. The van der Waals surface area contributed by atoms with Crippen LogP contribution in [0.1, 0.15) is 12.5 Å². The smallest absolute Gasteiger partial charge is 0.210 e. The van der Waals surface area contributed by atoms with Crippen molar-refractivity contribution in [2.24, 2.45) is 4.99 Å². The normalized spacial score (nSPS) is 11.3. The number of thiazole rings is 1. The van der Waals surface area contributed by atoms with Crippen molar-refractivity contribution in [3.63, 3.8) is 0 Å². The molecule has 0 saturated heterocycles. The average Bonchev–Trinajstić information content (AvgIpc) is 2.89. The van der Waals surface area contributed by atoms with Gasteiger partial charge in [0, 0.05) is 11.8 Å². The number of phenolic OH excluding ortho intramolecular Hbond substituents is 1. The van der Waals surface area contributed by atoms with E-state index in [2.05, 4.69) is 9.98 Å². The molecular formula is C16H14N2O2S. The molecule has 0 saturated carbocycles. The number of fused-ring (bicyclic) bond motifs is 1. The molecule has 1 N–H and O–H groups in total. The number of aromatic nitrogens is 1. The van der Waals surface area contributed by atoms with Gasteiger partial charge in [-0.3, -0.25) is 0 Å². The zero-order valence-corrected chi connectivity index (χ0v) is 12.3. The van der Waals surface area contributed by atoms with Crippen LogP contribution in [0.4, 0.5) is 5.13 Å². The van der Waals surface area contributed by atoms with Gasteiger partial charge >= 0.3 is 0 Å². The van der Waals surface area contributed by atoms with Gasteiger partial charge in [0.05, 0.1) is 16.8 Å². The number of para-hydroxylation sites is 1. The largest absolute Gasteiger partial charge is 0.507 e. The second kappa shape index (κ2) is 5.93. The van der Waals surface area contributed by atoms with Crippen molar-refractivity contribution in [1.29, 1.82) is 0 Å². The van der Waals surface area contributed by atoms with E-state index in [1.54, 1.807) is 24.4 Å². The van der Waals surface area contributed by atoms with Crippen LogP contribution in [-0.2, 0) is 0 Å². The summed E-state index contributed by atoms with van der Waals surface area (Å²) in [6, 6.07) is 12.9. The molecule has 0 aliphatic carbocycles. The number of hydrogen-bond donors (Lipinski definition) is 1. The molecule has 21 heavy (non-hydrogen) atoms. The van der Waals surface area contributed by atoms with Crippen LogP contribution in [-0.4, -0.2) is 22.9 Å². The fourth-order valence-electron chi connectivity index (χ4n) is 1.93. The van der Waals surface area contributed by atoms with Gasteiger partial charge in [0.25, 0.3) is 0 Å². The second-order valence-corrected chi connectivity index (χ2v) is 5.39. The van der Waals surface area contributed by atoms with Gasteiger partial charge in [0.2, 0.25) is 5.13 Å². The molecule has 0 fully saturated rings. The highest BCUT2D eigenvalue weighted by Gasteiger charge is 2.04. The Kier molecular flexibility index (Phi) is 3.83. The van der Waals surface area contributed by atoms with Crippen molar-refractivity contribution in [3.05, 3.63) is 48.0 Å². The monoisotopic (exact) mass is 298 g/mol. The van der Waals surface area contributed by atoms with Gasteiger partial charge in [-0.15, -0.1) is 0 Å². The Bertz CT molecular complexity index is 796. The third-order valence-corrected chi connectivity index (χ3v) is 3.84. The van der Waals surface area contributed by atoms with Gasteiger partial charge in [-0.2, -0.15) is 0 Å². The summed E-state index contributed by atoms with van der Waals surface area (Å²) in [5.74, 6) is 1.05. The van der Waals surface area contributed by atoms with E-state index in [0.717, 1.165) is 16.0 Å². The lowest BCUT2D eigenvalue weighted by molar-refractivity contribution is 0.341. The lowest BCUT2D eigenvalue weighted by Crippen LogP contribution is -1.89. The van der Waals surface area contributed by atoms with Crippen LogP contribution < -0.4 is 4.74 Å². The van der Waals surface area contributed by atoms with Crippen LogP contribution in [0.3, 0.4) is 0 Å². The van der Waals surface area contributed by atoms with E-state index in [0.29, 0.717) is 17.3 Å². The molecule has 1 heterocycles. The molecule has 106 valence electrons. The van der Waals surface area contributed by atoms with Crippen molar-refractivity contribution >= 4 is 32.9 Å². The molecule has 0 radical (unpaired) electrons. The first-order valence-corrected chi connectivity index (χ1v) is 7.43. The molecule has 3 aromatic rings. The zero-order chi connectivity index (χ0) is 14.7. The number of rotatable bonds is 4. The van der Waals surface area contributed by atoms with Crippen LogP contribution >= 0.6 is 11.3 Å². The molecule has 4 nitrogen and oxygen atoms in total. The molecule has 0 aliphatic heterocycles. The Morgan fingerprint density at radius 1 is 1.29 bits per heavy atom. The molecule has 0 atom stereocenters. The molecule has 0 bridgehead atoms. The number of aliphatic imine (C=N–C) groups is 1. The van der Waals surface area contributed by atoms with E-state index in [1.807, 2.05) is 31.2 Å². The van der Waals surface area contributed by atoms with Gasteiger partial charge in [-0.1, -0.05) is 23.5 Å². The third-order valence-electron chi connectivity index (χ3n) is 2.91. The highest BCUT2D eigenvalue weighted by molar-refractivity contribution is 7.22. The highest BCUT2D eigenvalue weighted by Crippen LogP contribution is 2.31. The molecule has 0 unspecified atom stereocenters. The number of hydrogen-bond acceptors (Lipinski definition) is 5. The van der Waals surface area contributed by atoms with Crippen molar-refractivity contribution in [3.8, 4) is 11.5 Å². The van der Waals surface area contributed by atoms with Crippen LogP contribution in [0.2, 0.25) is 0 Å². The molecule has 5 heteroatoms. The topological polar surface area (TPSA) is 54.7 Å². The lowest BCUT2D eigenvalue weighted by Gasteiger charge is -2.00. The van der Waals surface area contributed by atoms with Crippen LogP contribution in [0.15, 0.2) is 47.5 Å². The zero-order valence-electron chi connectivity index (χ0n) is 11.5. The van der Waals surface area contributed by atoms with Gasteiger partial charge in [0.15, 0.2) is 0 Å². The minimum atomic E-state index is 0.209. The van der Waals surface area contributed by atoms with Crippen molar-refractivity contribution in [2.45, 2.75) is 6.92 Å². The van der Waals surface area contributed by atoms with Gasteiger partial charge in [-0.25, -0.2) is 9.98 Å². The maximum atomic E-state index is 9.70. The van der Waals surface area contributed by atoms with Gasteiger partial charge in [0.1, 0.15) is 11.5 Å². The first-order valence-electron chi connectivity index (χ1n) is 6.61. The van der Waals surface area contributed by atoms with E-state index < -0.39 is 0 Å². The quantitative estimate of drug-likeness (QED) is 0.736. The number of nitrogens with zero attached hydrogens (tertiary/aromatic N) is 2. The first kappa shape index (κ1) is 13.6. The van der Waals surface area contributed by atoms with Crippen LogP contribution in [0.25, 0.3) is 10.2 Å². The Balaban J connectivity index is 1.89. The summed E-state index contributed by atoms with van der Waals surface area (Å²) >= 11 is 1.49. The summed E-state index contributed by atoms with van der Waals surface area (Å²) in [6.45, 7) is 2.60. The van der Waals surface area contributed by atoms with Crippen molar-refractivity contribution in [2.75, 3.05) is 6.61 Å². The molecule has 0 amide bonds. The molecule has 1 aromatic heterocycles. The van der Waals surface area contributed by atoms with Crippen LogP contribution in [0.5, 0.6) is 11.5 Å². The van der Waals surface area contributed by atoms with Gasteiger partial charge < -0.3 is 9.84 Å². The van der Waals surface area contributed by atoms with E-state index in [-0.39, 0.29) is 5.75 Å². The molecule has 0 spiro atoms. The standard InChI is InChI=1S/C16H14N2O2S/c1-2-20-12-7-8-13-15(9-12)21-16(18-13)17-10-11-5-3-4-6-14(11)19/h3-10,19H,2H2,1H3. The van der Waals surface area contributed by atoms with Gasteiger partial charge in [-0.05, 0) is 37.3 Å². The Hall–Kier alpha value is -2.40. The van der Waals surface area contributed by atoms with Crippen LogP contribution in [0, 0.1) is 0 Å². The summed E-state index contributed by atoms with van der Waals surface area (Å²) in [4.78, 5) is 8.77. The highest BCUT2D eigenvalue weighted by atomic mass is 32.1. The third kappa shape index (κ3) is 3.03. The summed E-state index contributed by atoms with van der Waals surface area (Å²) in [7, 11) is 0. The molecular weight excluding hydrogens is 284 g/mol. The van der Waals surface area contributed by atoms with E-state index in [9.17, 15) is 5.11 Å². The Labute approximate surface area is 126 Å². The SMILES string of the molecule is CCOc1ccc2nc(N=Cc3ccccc3O)sc2c1. The minimum absolute atomic E-state index is 0.209. The number of ether oxygens (including phenoxy) is 1. The first-order chi connectivity index (χ1) is 10.3. The number of aromatic hydroxyl groups is 1. The van der Waals surface area contributed by atoms with Crippen molar-refractivity contribution < 1.29 is 9.84 Å². The average molecular weight is 298 g/mol. The molecule has 2 aromatic carbocycles. The lowest BCUT2D eigenvalue weighted by atomic mass is 10.2. The maximum Gasteiger partial charge on any atom is 0.210 e.